The minimum atomic E-state index is -4.46. The third-order valence-corrected chi connectivity index (χ3v) is 5.27. The standard InChI is InChI=1S/C18H24F3N3O/c1-12(25)22-10-13-11-23-16(9-15(13)18(19,20)21)17-7-4-8-24(17)14-5-2-3-6-14/h9,11,14,17H,2-8,10H2,1H3,(H,22,25)/t17-/m0/s1. The molecule has 1 aliphatic carbocycles. The van der Waals surface area contributed by atoms with Crippen molar-refractivity contribution in [1.82, 2.24) is 15.2 Å². The lowest BCUT2D eigenvalue weighted by Gasteiger charge is -2.30. The van der Waals surface area contributed by atoms with Crippen molar-refractivity contribution >= 4 is 5.91 Å². The van der Waals surface area contributed by atoms with Crippen molar-refractivity contribution in [3.8, 4) is 0 Å². The molecule has 1 N–H and O–H groups in total. The average molecular weight is 355 g/mol. The molecule has 1 aliphatic heterocycles. The molecule has 7 heteroatoms. The summed E-state index contributed by atoms with van der Waals surface area (Å²) in [5.74, 6) is -0.361. The molecule has 1 saturated carbocycles. The maximum atomic E-state index is 13.5. The van der Waals surface area contributed by atoms with E-state index < -0.39 is 11.7 Å². The van der Waals surface area contributed by atoms with Crippen molar-refractivity contribution in [3.63, 3.8) is 0 Å². The first-order valence-corrected chi connectivity index (χ1v) is 8.92. The normalized spacial score (nSPS) is 22.5. The molecule has 0 radical (unpaired) electrons. The molecule has 3 rings (SSSR count). The van der Waals surface area contributed by atoms with Crippen LogP contribution in [0.2, 0.25) is 0 Å². The Morgan fingerprint density at radius 3 is 2.64 bits per heavy atom. The second-order valence-electron chi connectivity index (χ2n) is 7.01. The highest BCUT2D eigenvalue weighted by Crippen LogP contribution is 2.40. The molecule has 4 nitrogen and oxygen atoms in total. The molecule has 138 valence electrons. The van der Waals surface area contributed by atoms with E-state index in [-0.39, 0.29) is 24.1 Å². The SMILES string of the molecule is CC(=O)NCc1cnc([C@@H]2CCCN2C2CCCC2)cc1C(F)(F)F. The summed E-state index contributed by atoms with van der Waals surface area (Å²) in [5, 5.41) is 2.43. The van der Waals surface area contributed by atoms with Gasteiger partial charge in [-0.1, -0.05) is 12.8 Å². The number of carbonyl (C=O) groups excluding carboxylic acids is 1. The molecular formula is C18H24F3N3O. The van der Waals surface area contributed by atoms with Gasteiger partial charge in [-0.05, 0) is 38.3 Å². The first kappa shape index (κ1) is 18.2. The number of hydrogen-bond acceptors (Lipinski definition) is 3. The van der Waals surface area contributed by atoms with Crippen LogP contribution in [0.3, 0.4) is 0 Å². The van der Waals surface area contributed by atoms with Crippen LogP contribution in [0.5, 0.6) is 0 Å². The van der Waals surface area contributed by atoms with Gasteiger partial charge in [0.2, 0.25) is 5.91 Å². The van der Waals surface area contributed by atoms with E-state index >= 15 is 0 Å². The second kappa shape index (κ2) is 7.32. The van der Waals surface area contributed by atoms with E-state index in [1.807, 2.05) is 0 Å². The lowest BCUT2D eigenvalue weighted by Crippen LogP contribution is -2.33. The van der Waals surface area contributed by atoms with Crippen molar-refractivity contribution in [2.24, 2.45) is 0 Å². The number of nitrogens with one attached hydrogen (secondary N) is 1. The molecule has 1 saturated heterocycles. The Morgan fingerprint density at radius 2 is 2.00 bits per heavy atom. The van der Waals surface area contributed by atoms with Gasteiger partial charge in [0.25, 0.3) is 0 Å². The summed E-state index contributed by atoms with van der Waals surface area (Å²) in [6.07, 6.45) is 3.33. The molecule has 25 heavy (non-hydrogen) atoms. The van der Waals surface area contributed by atoms with Crippen molar-refractivity contribution in [1.29, 1.82) is 0 Å². The number of hydrogen-bond donors (Lipinski definition) is 1. The molecule has 2 heterocycles. The molecule has 0 unspecified atom stereocenters. The van der Waals surface area contributed by atoms with E-state index in [4.69, 9.17) is 0 Å². The fraction of sp³-hybridized carbons (Fsp3) is 0.667. The van der Waals surface area contributed by atoms with Crippen LogP contribution in [0.1, 0.15) is 68.3 Å². The van der Waals surface area contributed by atoms with Crippen molar-refractivity contribution in [3.05, 3.63) is 29.1 Å². The molecular weight excluding hydrogens is 331 g/mol. The van der Waals surface area contributed by atoms with Gasteiger partial charge in [0.15, 0.2) is 0 Å². The van der Waals surface area contributed by atoms with Gasteiger partial charge in [0.1, 0.15) is 0 Å². The Balaban J connectivity index is 1.87. The van der Waals surface area contributed by atoms with Crippen LogP contribution < -0.4 is 5.32 Å². The smallest absolute Gasteiger partial charge is 0.352 e. The number of aromatic nitrogens is 1. The van der Waals surface area contributed by atoms with Gasteiger partial charge in [0, 0.05) is 31.3 Å². The van der Waals surface area contributed by atoms with Crippen molar-refractivity contribution in [2.45, 2.75) is 70.3 Å². The van der Waals surface area contributed by atoms with Gasteiger partial charge in [-0.3, -0.25) is 14.7 Å². The van der Waals surface area contributed by atoms with E-state index in [0.717, 1.165) is 32.2 Å². The highest BCUT2D eigenvalue weighted by Gasteiger charge is 2.37. The van der Waals surface area contributed by atoms with E-state index in [9.17, 15) is 18.0 Å². The predicted octanol–water partition coefficient (Wildman–Crippen LogP) is 3.82. The van der Waals surface area contributed by atoms with Crippen LogP contribution in [0.4, 0.5) is 13.2 Å². The summed E-state index contributed by atoms with van der Waals surface area (Å²) in [6.45, 7) is 2.06. The zero-order valence-electron chi connectivity index (χ0n) is 14.4. The Kier molecular flexibility index (Phi) is 5.32. The lowest BCUT2D eigenvalue weighted by atomic mass is 10.0. The number of amides is 1. The van der Waals surface area contributed by atoms with Gasteiger partial charge in [-0.25, -0.2) is 0 Å². The predicted molar refractivity (Wildman–Crippen MR) is 87.7 cm³/mol. The van der Waals surface area contributed by atoms with Crippen molar-refractivity contribution in [2.75, 3.05) is 6.54 Å². The summed E-state index contributed by atoms with van der Waals surface area (Å²) in [4.78, 5) is 17.7. The Labute approximate surface area is 145 Å². The second-order valence-corrected chi connectivity index (χ2v) is 7.01. The highest BCUT2D eigenvalue weighted by molar-refractivity contribution is 5.72. The molecule has 2 aliphatic rings. The zero-order chi connectivity index (χ0) is 18.0. The molecule has 2 fully saturated rings. The summed E-state index contributed by atoms with van der Waals surface area (Å²) < 4.78 is 40.5. The quantitative estimate of drug-likeness (QED) is 0.893. The third kappa shape index (κ3) is 4.14. The molecule has 0 aromatic carbocycles. The van der Waals surface area contributed by atoms with Gasteiger partial charge < -0.3 is 5.32 Å². The van der Waals surface area contributed by atoms with Gasteiger partial charge in [-0.15, -0.1) is 0 Å². The summed E-state index contributed by atoms with van der Waals surface area (Å²) in [6, 6.07) is 1.64. The lowest BCUT2D eigenvalue weighted by molar-refractivity contribution is -0.138. The Bertz CT molecular complexity index is 626. The summed E-state index contributed by atoms with van der Waals surface area (Å²) in [7, 11) is 0. The van der Waals surface area contributed by atoms with E-state index in [1.54, 1.807) is 0 Å². The largest absolute Gasteiger partial charge is 0.416 e. The van der Waals surface area contributed by atoms with Crippen LogP contribution in [0.15, 0.2) is 12.3 Å². The van der Waals surface area contributed by atoms with Crippen molar-refractivity contribution < 1.29 is 18.0 Å². The van der Waals surface area contributed by atoms with Crippen LogP contribution in [0.25, 0.3) is 0 Å². The Hall–Kier alpha value is -1.63. The minimum absolute atomic E-state index is 0.0110. The maximum Gasteiger partial charge on any atom is 0.416 e. The van der Waals surface area contributed by atoms with Crippen LogP contribution in [0, 0.1) is 0 Å². The molecule has 1 aromatic rings. The Morgan fingerprint density at radius 1 is 1.28 bits per heavy atom. The van der Waals surface area contributed by atoms with Gasteiger partial charge in [-0.2, -0.15) is 13.2 Å². The number of alkyl halides is 3. The zero-order valence-corrected chi connectivity index (χ0v) is 14.4. The first-order chi connectivity index (χ1) is 11.9. The number of likely N-dealkylation sites (tertiary alicyclic amines) is 1. The number of nitrogens with zero attached hydrogens (tertiary/aromatic N) is 2. The monoisotopic (exact) mass is 355 g/mol. The van der Waals surface area contributed by atoms with Gasteiger partial charge >= 0.3 is 6.18 Å². The van der Waals surface area contributed by atoms with E-state index in [1.165, 1.54) is 32.0 Å². The van der Waals surface area contributed by atoms with E-state index in [0.29, 0.717) is 11.7 Å². The van der Waals surface area contributed by atoms with Gasteiger partial charge in [0.05, 0.1) is 17.3 Å². The molecule has 1 aromatic heterocycles. The molecule has 0 spiro atoms. The van der Waals surface area contributed by atoms with Crippen LogP contribution in [-0.2, 0) is 17.5 Å². The van der Waals surface area contributed by atoms with E-state index in [2.05, 4.69) is 15.2 Å². The molecule has 1 atom stereocenters. The van der Waals surface area contributed by atoms with Crippen LogP contribution >= 0.6 is 0 Å². The topological polar surface area (TPSA) is 45.2 Å². The fourth-order valence-corrected chi connectivity index (χ4v) is 4.09. The number of carbonyl (C=O) groups is 1. The number of halogens is 3. The maximum absolute atomic E-state index is 13.5. The summed E-state index contributed by atoms with van der Waals surface area (Å²) >= 11 is 0. The average Bonchev–Trinajstić information content (AvgIpc) is 3.22. The number of rotatable bonds is 4. The first-order valence-electron chi connectivity index (χ1n) is 8.92. The minimum Gasteiger partial charge on any atom is -0.352 e. The molecule has 1 amide bonds. The van der Waals surface area contributed by atoms with Crippen LogP contribution in [-0.4, -0.2) is 28.4 Å². The highest BCUT2D eigenvalue weighted by atomic mass is 19.4. The summed E-state index contributed by atoms with van der Waals surface area (Å²) in [5.41, 5.74) is -0.176. The third-order valence-electron chi connectivity index (χ3n) is 5.27. The number of pyridine rings is 1. The molecule has 0 bridgehead atoms. The fourth-order valence-electron chi connectivity index (χ4n) is 4.09.